The molecule has 3 aromatic rings. The number of nitrogens with one attached hydrogen (secondary N) is 2. The van der Waals surface area contributed by atoms with E-state index in [1.54, 1.807) is 0 Å². The van der Waals surface area contributed by atoms with Gasteiger partial charge in [-0.15, -0.1) is 0 Å². The van der Waals surface area contributed by atoms with E-state index in [9.17, 15) is 18.0 Å². The Hall–Kier alpha value is -3.06. The van der Waals surface area contributed by atoms with Crippen LogP contribution < -0.4 is 15.5 Å². The van der Waals surface area contributed by atoms with Gasteiger partial charge in [0.2, 0.25) is 5.91 Å². The molecule has 4 nitrogen and oxygen atoms in total. The SMILES string of the molecule is O=C(Cc1cccc2ccccc12)Nc1cc(C(F)(F)F)ccc1N1CCNCC1. The van der Waals surface area contributed by atoms with Crippen molar-refractivity contribution in [2.75, 3.05) is 36.4 Å². The highest BCUT2D eigenvalue weighted by atomic mass is 19.4. The Bertz CT molecular complexity index is 1050. The highest BCUT2D eigenvalue weighted by Crippen LogP contribution is 2.35. The van der Waals surface area contributed by atoms with Crippen molar-refractivity contribution >= 4 is 28.1 Å². The van der Waals surface area contributed by atoms with E-state index in [0.717, 1.165) is 41.6 Å². The number of rotatable bonds is 4. The summed E-state index contributed by atoms with van der Waals surface area (Å²) < 4.78 is 39.8. The van der Waals surface area contributed by atoms with Gasteiger partial charge in [0.15, 0.2) is 0 Å². The molecule has 1 aliphatic heterocycles. The molecule has 0 bridgehead atoms. The van der Waals surface area contributed by atoms with E-state index in [4.69, 9.17) is 0 Å². The van der Waals surface area contributed by atoms with Gasteiger partial charge in [-0.25, -0.2) is 0 Å². The normalized spacial score (nSPS) is 14.7. The van der Waals surface area contributed by atoms with E-state index in [1.807, 2.05) is 47.4 Å². The van der Waals surface area contributed by atoms with Crippen LogP contribution in [0.2, 0.25) is 0 Å². The lowest BCUT2D eigenvalue weighted by atomic mass is 10.0. The van der Waals surface area contributed by atoms with Gasteiger partial charge in [-0.1, -0.05) is 42.5 Å². The van der Waals surface area contributed by atoms with Gasteiger partial charge in [0.1, 0.15) is 0 Å². The van der Waals surface area contributed by atoms with E-state index in [0.29, 0.717) is 18.8 Å². The standard InChI is InChI=1S/C23H22F3N3O/c24-23(25,26)18-8-9-21(29-12-10-27-11-13-29)20(15-18)28-22(30)14-17-6-3-5-16-4-1-2-7-19(16)17/h1-9,15,27H,10-14H2,(H,28,30). The zero-order valence-corrected chi connectivity index (χ0v) is 16.3. The van der Waals surface area contributed by atoms with Crippen molar-refractivity contribution in [3.05, 3.63) is 71.8 Å². The summed E-state index contributed by atoms with van der Waals surface area (Å²) in [6.07, 6.45) is -4.39. The van der Waals surface area contributed by atoms with Crippen LogP contribution in [0.4, 0.5) is 24.5 Å². The van der Waals surface area contributed by atoms with Crippen LogP contribution in [0.15, 0.2) is 60.7 Å². The summed E-state index contributed by atoms with van der Waals surface area (Å²) in [6.45, 7) is 2.81. The third-order valence-corrected chi connectivity index (χ3v) is 5.29. The zero-order valence-electron chi connectivity index (χ0n) is 16.3. The summed E-state index contributed by atoms with van der Waals surface area (Å²) in [4.78, 5) is 14.8. The topological polar surface area (TPSA) is 44.4 Å². The van der Waals surface area contributed by atoms with Gasteiger partial charge < -0.3 is 15.5 Å². The average molecular weight is 413 g/mol. The van der Waals surface area contributed by atoms with Crippen LogP contribution in [0.3, 0.4) is 0 Å². The van der Waals surface area contributed by atoms with Crippen LogP contribution in [0.25, 0.3) is 10.8 Å². The molecule has 0 atom stereocenters. The second-order valence-electron chi connectivity index (χ2n) is 7.33. The molecule has 3 aromatic carbocycles. The predicted molar refractivity (Wildman–Crippen MR) is 113 cm³/mol. The van der Waals surface area contributed by atoms with Gasteiger partial charge in [0.25, 0.3) is 0 Å². The number of benzene rings is 3. The quantitative estimate of drug-likeness (QED) is 0.664. The van der Waals surface area contributed by atoms with E-state index in [1.165, 1.54) is 6.07 Å². The Morgan fingerprint density at radius 1 is 1.00 bits per heavy atom. The maximum absolute atomic E-state index is 13.3. The molecule has 7 heteroatoms. The molecule has 30 heavy (non-hydrogen) atoms. The van der Waals surface area contributed by atoms with Crippen molar-refractivity contribution < 1.29 is 18.0 Å². The molecule has 0 unspecified atom stereocenters. The number of carbonyl (C=O) groups excluding carboxylic acids is 1. The molecule has 156 valence electrons. The van der Waals surface area contributed by atoms with Crippen LogP contribution in [0.1, 0.15) is 11.1 Å². The van der Waals surface area contributed by atoms with Gasteiger partial charge in [0, 0.05) is 26.2 Å². The average Bonchev–Trinajstić information content (AvgIpc) is 2.74. The highest BCUT2D eigenvalue weighted by Gasteiger charge is 2.31. The number of hydrogen-bond acceptors (Lipinski definition) is 3. The van der Waals surface area contributed by atoms with Crippen molar-refractivity contribution in [3.8, 4) is 0 Å². The molecule has 0 spiro atoms. The second-order valence-corrected chi connectivity index (χ2v) is 7.33. The van der Waals surface area contributed by atoms with Crippen molar-refractivity contribution in [2.45, 2.75) is 12.6 Å². The van der Waals surface area contributed by atoms with Crippen molar-refractivity contribution in [1.82, 2.24) is 5.32 Å². The highest BCUT2D eigenvalue weighted by molar-refractivity contribution is 5.98. The van der Waals surface area contributed by atoms with Crippen molar-refractivity contribution in [1.29, 1.82) is 0 Å². The third kappa shape index (κ3) is 4.41. The zero-order chi connectivity index (χ0) is 21.1. The molecule has 0 saturated carbocycles. The van der Waals surface area contributed by atoms with Gasteiger partial charge in [0.05, 0.1) is 23.4 Å². The summed E-state index contributed by atoms with van der Waals surface area (Å²) in [7, 11) is 0. The fourth-order valence-corrected chi connectivity index (χ4v) is 3.81. The van der Waals surface area contributed by atoms with Gasteiger partial charge in [-0.3, -0.25) is 4.79 Å². The van der Waals surface area contributed by atoms with Crippen LogP contribution in [0, 0.1) is 0 Å². The number of fused-ring (bicyclic) bond motifs is 1. The maximum atomic E-state index is 13.3. The lowest BCUT2D eigenvalue weighted by molar-refractivity contribution is -0.137. The number of anilines is 2. The van der Waals surface area contributed by atoms with Crippen LogP contribution in [0.5, 0.6) is 0 Å². The third-order valence-electron chi connectivity index (χ3n) is 5.29. The second kappa shape index (κ2) is 8.36. The number of hydrogen-bond donors (Lipinski definition) is 2. The molecular weight excluding hydrogens is 391 g/mol. The van der Waals surface area contributed by atoms with Crippen molar-refractivity contribution in [2.24, 2.45) is 0 Å². The summed E-state index contributed by atoms with van der Waals surface area (Å²) in [5, 5.41) is 7.93. The molecule has 4 rings (SSSR count). The Labute approximate surface area is 172 Å². The van der Waals surface area contributed by atoms with E-state index >= 15 is 0 Å². The Morgan fingerprint density at radius 2 is 1.73 bits per heavy atom. The molecule has 0 aromatic heterocycles. The molecule has 0 radical (unpaired) electrons. The summed E-state index contributed by atoms with van der Waals surface area (Å²) in [6, 6.07) is 17.0. The Morgan fingerprint density at radius 3 is 2.50 bits per heavy atom. The summed E-state index contributed by atoms with van der Waals surface area (Å²) >= 11 is 0. The van der Waals surface area contributed by atoms with Crippen LogP contribution in [-0.2, 0) is 17.4 Å². The molecule has 2 N–H and O–H groups in total. The molecule has 1 fully saturated rings. The van der Waals surface area contributed by atoms with E-state index in [2.05, 4.69) is 10.6 Å². The molecule has 1 heterocycles. The largest absolute Gasteiger partial charge is 0.416 e. The summed E-state index contributed by atoms with van der Waals surface area (Å²) in [5.74, 6) is -0.345. The Kier molecular flexibility index (Phi) is 5.63. The first kappa shape index (κ1) is 20.2. The van der Waals surface area contributed by atoms with Crippen LogP contribution >= 0.6 is 0 Å². The van der Waals surface area contributed by atoms with Gasteiger partial charge in [-0.05, 0) is 34.5 Å². The predicted octanol–water partition coefficient (Wildman–Crippen LogP) is 4.45. The first-order chi connectivity index (χ1) is 14.4. The monoisotopic (exact) mass is 413 g/mol. The van der Waals surface area contributed by atoms with Gasteiger partial charge >= 0.3 is 6.18 Å². The van der Waals surface area contributed by atoms with Gasteiger partial charge in [-0.2, -0.15) is 13.2 Å². The lowest BCUT2D eigenvalue weighted by Gasteiger charge is -2.31. The fourth-order valence-electron chi connectivity index (χ4n) is 3.81. The first-order valence-electron chi connectivity index (χ1n) is 9.85. The molecule has 0 aliphatic carbocycles. The minimum Gasteiger partial charge on any atom is -0.367 e. The van der Waals surface area contributed by atoms with E-state index in [-0.39, 0.29) is 18.0 Å². The molecule has 1 aliphatic rings. The van der Waals surface area contributed by atoms with Crippen LogP contribution in [-0.4, -0.2) is 32.1 Å². The molecule has 1 saturated heterocycles. The number of amides is 1. The first-order valence-corrected chi connectivity index (χ1v) is 9.85. The molecular formula is C23H22F3N3O. The van der Waals surface area contributed by atoms with Crippen molar-refractivity contribution in [3.63, 3.8) is 0 Å². The smallest absolute Gasteiger partial charge is 0.367 e. The minimum absolute atomic E-state index is 0.0819. The number of carbonyl (C=O) groups is 1. The lowest BCUT2D eigenvalue weighted by Crippen LogP contribution is -2.43. The summed E-state index contributed by atoms with van der Waals surface area (Å²) in [5.41, 5.74) is 0.857. The number of nitrogens with zero attached hydrogens (tertiary/aromatic N) is 1. The maximum Gasteiger partial charge on any atom is 0.416 e. The van der Waals surface area contributed by atoms with E-state index < -0.39 is 11.7 Å². The molecule has 1 amide bonds. The fraction of sp³-hybridized carbons (Fsp3) is 0.261. The Balaban J connectivity index is 1.62. The number of halogens is 3. The number of alkyl halides is 3. The minimum atomic E-state index is -4.48. The number of piperazine rings is 1.